The summed E-state index contributed by atoms with van der Waals surface area (Å²) in [6.45, 7) is 1.93. The van der Waals surface area contributed by atoms with Gasteiger partial charge in [0.05, 0.1) is 12.2 Å². The highest BCUT2D eigenvalue weighted by molar-refractivity contribution is 5.87. The van der Waals surface area contributed by atoms with E-state index in [1.807, 2.05) is 36.4 Å². The lowest BCUT2D eigenvalue weighted by Crippen LogP contribution is -2.20. The van der Waals surface area contributed by atoms with E-state index in [1.165, 1.54) is 6.92 Å². The number of hydrogen-bond donors (Lipinski definition) is 5. The third-order valence-electron chi connectivity index (χ3n) is 6.23. The van der Waals surface area contributed by atoms with Gasteiger partial charge in [-0.1, -0.05) is 24.3 Å². The first-order valence-electron chi connectivity index (χ1n) is 12.4. The number of aromatic amines is 2. The molecular weight excluding hydrogens is 498 g/mol. The summed E-state index contributed by atoms with van der Waals surface area (Å²) < 4.78 is 1.66. The van der Waals surface area contributed by atoms with Crippen molar-refractivity contribution in [2.24, 2.45) is 4.99 Å². The van der Waals surface area contributed by atoms with Crippen molar-refractivity contribution in [1.29, 1.82) is 0 Å². The number of imidazole rings is 1. The van der Waals surface area contributed by atoms with E-state index in [1.54, 1.807) is 29.1 Å². The number of fused-ring (bicyclic) bond motifs is 1. The minimum Gasteiger partial charge on any atom is -0.493 e. The zero-order chi connectivity index (χ0) is 26.9. The lowest BCUT2D eigenvalue weighted by Gasteiger charge is -2.12. The van der Waals surface area contributed by atoms with E-state index >= 15 is 0 Å². The average molecular weight is 524 g/mol. The molecule has 0 unspecified atom stereocenters. The van der Waals surface area contributed by atoms with E-state index in [2.05, 4.69) is 30.7 Å². The summed E-state index contributed by atoms with van der Waals surface area (Å²) in [5.74, 6) is 0.677. The van der Waals surface area contributed by atoms with Crippen molar-refractivity contribution in [3.05, 3.63) is 87.3 Å². The predicted octanol–water partition coefficient (Wildman–Crippen LogP) is 1.69. The Bertz CT molecular complexity index is 1870. The number of amides is 1. The van der Waals surface area contributed by atoms with Gasteiger partial charge in [-0.05, 0) is 42.2 Å². The predicted molar refractivity (Wildman–Crippen MR) is 145 cm³/mol. The molecule has 0 spiro atoms. The number of pyridine rings is 1. The summed E-state index contributed by atoms with van der Waals surface area (Å²) in [6, 6.07) is 13.8. The molecule has 1 aliphatic rings. The molecule has 1 fully saturated rings. The smallest absolute Gasteiger partial charge is 0.326 e. The van der Waals surface area contributed by atoms with E-state index in [0.717, 1.165) is 29.5 Å². The Morgan fingerprint density at radius 1 is 1.18 bits per heavy atom. The first kappa shape index (κ1) is 24.1. The SMILES string of the molecule is CC(=O)Nc1ccc(-c2ccccc2CNc2cc(=NC3CC3)n3ncc(=Cc4[nH]c(=O)[nH]c4O)c3n2)cn1. The summed E-state index contributed by atoms with van der Waals surface area (Å²) in [4.78, 5) is 41.7. The van der Waals surface area contributed by atoms with E-state index in [4.69, 9.17) is 9.98 Å². The van der Waals surface area contributed by atoms with Crippen LogP contribution in [-0.2, 0) is 11.3 Å². The molecule has 5 N–H and O–H groups in total. The average Bonchev–Trinajstić information content (AvgIpc) is 3.55. The van der Waals surface area contributed by atoms with E-state index in [-0.39, 0.29) is 23.5 Å². The molecule has 196 valence electrons. The van der Waals surface area contributed by atoms with Gasteiger partial charge in [-0.2, -0.15) is 9.61 Å². The van der Waals surface area contributed by atoms with Gasteiger partial charge in [0.2, 0.25) is 11.8 Å². The van der Waals surface area contributed by atoms with Crippen molar-refractivity contribution in [3.63, 3.8) is 0 Å². The molecule has 12 nitrogen and oxygen atoms in total. The minimum atomic E-state index is -0.506. The van der Waals surface area contributed by atoms with Crippen LogP contribution in [0.2, 0.25) is 0 Å². The number of anilines is 2. The van der Waals surface area contributed by atoms with Gasteiger partial charge in [0.15, 0.2) is 11.1 Å². The molecule has 4 aromatic heterocycles. The van der Waals surface area contributed by atoms with E-state index < -0.39 is 5.69 Å². The zero-order valence-corrected chi connectivity index (χ0v) is 21.0. The van der Waals surface area contributed by atoms with Gasteiger partial charge in [-0.25, -0.2) is 14.8 Å². The molecule has 5 aromatic rings. The number of nitrogens with zero attached hydrogens (tertiary/aromatic N) is 5. The standard InChI is InChI=1S/C27H25N9O3/c1-15(37)31-22-9-6-17(13-28-22)20-5-3-2-4-16(20)12-29-23-11-24(32-19-7-8-19)36-25(34-23)18(14-30-36)10-21-26(38)35-27(39)33-21/h2-6,9-11,13-14,19,29,38H,7-8,12H2,1H3,(H,28,31,37)(H2,33,35,39). The van der Waals surface area contributed by atoms with E-state index in [0.29, 0.717) is 34.5 Å². The van der Waals surface area contributed by atoms with Crippen LogP contribution < -0.4 is 27.0 Å². The summed E-state index contributed by atoms with van der Waals surface area (Å²) in [5, 5.41) is 21.2. The maximum Gasteiger partial charge on any atom is 0.326 e. The monoisotopic (exact) mass is 523 g/mol. The normalized spacial score (nSPS) is 14.2. The molecule has 1 aliphatic carbocycles. The molecule has 0 bridgehead atoms. The molecular formula is C27H25N9O3. The summed E-state index contributed by atoms with van der Waals surface area (Å²) in [6.07, 6.45) is 7.03. The number of hydrogen-bond acceptors (Lipinski definition) is 8. The van der Waals surface area contributed by atoms with Gasteiger partial charge in [0.25, 0.3) is 0 Å². The second-order valence-corrected chi connectivity index (χ2v) is 9.30. The lowest BCUT2D eigenvalue weighted by molar-refractivity contribution is -0.114. The van der Waals surface area contributed by atoms with Gasteiger partial charge in [-0.3, -0.25) is 14.8 Å². The van der Waals surface area contributed by atoms with Gasteiger partial charge in [0, 0.05) is 36.5 Å². The number of carbonyl (C=O) groups excluding carboxylic acids is 1. The molecule has 1 amide bonds. The van der Waals surface area contributed by atoms with Crippen molar-refractivity contribution < 1.29 is 9.90 Å². The molecule has 4 heterocycles. The van der Waals surface area contributed by atoms with Crippen LogP contribution in [0.15, 0.2) is 64.6 Å². The highest BCUT2D eigenvalue weighted by Crippen LogP contribution is 2.25. The Morgan fingerprint density at radius 2 is 2.03 bits per heavy atom. The van der Waals surface area contributed by atoms with E-state index in [9.17, 15) is 14.7 Å². The second kappa shape index (κ2) is 9.89. The van der Waals surface area contributed by atoms with Crippen LogP contribution in [-0.4, -0.2) is 46.6 Å². The van der Waals surface area contributed by atoms with Crippen LogP contribution in [0.1, 0.15) is 31.0 Å². The Labute approximate surface area is 221 Å². The van der Waals surface area contributed by atoms with Crippen LogP contribution in [0.25, 0.3) is 22.9 Å². The molecule has 39 heavy (non-hydrogen) atoms. The van der Waals surface area contributed by atoms with Crippen LogP contribution in [0.3, 0.4) is 0 Å². The molecule has 1 saturated carbocycles. The number of nitrogens with one attached hydrogen (secondary N) is 4. The molecule has 12 heteroatoms. The molecule has 0 atom stereocenters. The fourth-order valence-electron chi connectivity index (χ4n) is 4.24. The van der Waals surface area contributed by atoms with Crippen molar-refractivity contribution >= 4 is 29.3 Å². The molecule has 0 radical (unpaired) electrons. The molecule has 0 aliphatic heterocycles. The highest BCUT2D eigenvalue weighted by atomic mass is 16.3. The Kier molecular flexibility index (Phi) is 6.11. The van der Waals surface area contributed by atoms with Crippen LogP contribution in [0.5, 0.6) is 5.88 Å². The third-order valence-corrected chi connectivity index (χ3v) is 6.23. The maximum atomic E-state index is 11.6. The fourth-order valence-corrected chi connectivity index (χ4v) is 4.24. The summed E-state index contributed by atoms with van der Waals surface area (Å²) >= 11 is 0. The minimum absolute atomic E-state index is 0.172. The highest BCUT2D eigenvalue weighted by Gasteiger charge is 2.20. The van der Waals surface area contributed by atoms with Gasteiger partial charge in [-0.15, -0.1) is 0 Å². The largest absolute Gasteiger partial charge is 0.493 e. The first-order valence-corrected chi connectivity index (χ1v) is 12.4. The van der Waals surface area contributed by atoms with Gasteiger partial charge in [0.1, 0.15) is 17.3 Å². The maximum absolute atomic E-state index is 11.6. The summed E-state index contributed by atoms with van der Waals surface area (Å²) in [5.41, 5.74) is 3.89. The van der Waals surface area contributed by atoms with Crippen molar-refractivity contribution in [1.82, 2.24) is 29.5 Å². The zero-order valence-electron chi connectivity index (χ0n) is 21.0. The summed E-state index contributed by atoms with van der Waals surface area (Å²) in [7, 11) is 0. The number of aromatic hydroxyl groups is 1. The van der Waals surface area contributed by atoms with Crippen LogP contribution in [0, 0.1) is 0 Å². The Hall–Kier alpha value is -5.26. The number of H-pyrrole nitrogens is 2. The van der Waals surface area contributed by atoms with Crippen molar-refractivity contribution in [2.75, 3.05) is 10.6 Å². The van der Waals surface area contributed by atoms with Crippen molar-refractivity contribution in [2.45, 2.75) is 32.4 Å². The van der Waals surface area contributed by atoms with Crippen molar-refractivity contribution in [3.8, 4) is 17.0 Å². The third kappa shape index (κ3) is 5.25. The number of carbonyl (C=O) groups is 1. The second-order valence-electron chi connectivity index (χ2n) is 9.30. The molecule has 0 saturated heterocycles. The molecule has 6 rings (SSSR count). The Balaban J connectivity index is 1.34. The lowest BCUT2D eigenvalue weighted by atomic mass is 10.0. The van der Waals surface area contributed by atoms with Gasteiger partial charge >= 0.3 is 5.69 Å². The quantitative estimate of drug-likeness (QED) is 0.216. The number of aromatic nitrogens is 6. The van der Waals surface area contributed by atoms with Gasteiger partial charge < -0.3 is 20.7 Å². The topological polar surface area (TPSA) is 165 Å². The first-order chi connectivity index (χ1) is 18.9. The van der Waals surface area contributed by atoms with Crippen LogP contribution in [0.4, 0.5) is 11.6 Å². The molecule has 1 aromatic carbocycles. The fraction of sp³-hybridized carbons (Fsp3) is 0.185. The number of benzene rings is 1. The van der Waals surface area contributed by atoms with Crippen LogP contribution >= 0.6 is 0 Å². The number of rotatable bonds is 7. The Morgan fingerprint density at radius 3 is 2.74 bits per heavy atom.